The van der Waals surface area contributed by atoms with Crippen LogP contribution in [0.25, 0.3) is 0 Å². The van der Waals surface area contributed by atoms with Crippen LogP contribution < -0.4 is 5.14 Å². The molecular formula is C9H14NO4PS3. The number of sulfonamides is 1. The molecule has 18 heavy (non-hydrogen) atoms. The molecule has 0 aliphatic heterocycles. The van der Waals surface area contributed by atoms with Crippen LogP contribution >= 0.6 is 17.1 Å². The minimum atomic E-state index is -3.64. The van der Waals surface area contributed by atoms with Gasteiger partial charge in [0, 0.05) is 20.0 Å². The second-order valence-corrected chi connectivity index (χ2v) is 11.4. The van der Waals surface area contributed by atoms with E-state index in [1.54, 1.807) is 12.1 Å². The summed E-state index contributed by atoms with van der Waals surface area (Å²) in [5.41, 5.74) is -1.36. The van der Waals surface area contributed by atoms with E-state index in [1.807, 2.05) is 0 Å². The lowest BCUT2D eigenvalue weighted by atomic mass is 10.2. The standard InChI is InChI=1S/C9H14NO4PS3/c1-13-15(16,14-2)17-7-8-3-5-9(6-4-8)18(10,11)12/h3-6H,7H2,1-2H3,(H2,10,11,12). The Hall–Kier alpha value is 0.0500. The molecule has 0 heterocycles. The lowest BCUT2D eigenvalue weighted by molar-refractivity contribution is 0.354. The van der Waals surface area contributed by atoms with Crippen LogP contribution in [0.1, 0.15) is 5.56 Å². The van der Waals surface area contributed by atoms with E-state index in [-0.39, 0.29) is 4.90 Å². The largest absolute Gasteiger partial charge is 0.325 e. The third-order valence-electron chi connectivity index (χ3n) is 2.09. The highest BCUT2D eigenvalue weighted by molar-refractivity contribution is 8.67. The Morgan fingerprint density at radius 1 is 1.28 bits per heavy atom. The Labute approximate surface area is 116 Å². The predicted molar refractivity (Wildman–Crippen MR) is 77.4 cm³/mol. The molecular weight excluding hydrogens is 313 g/mol. The number of rotatable bonds is 6. The summed E-state index contributed by atoms with van der Waals surface area (Å²) in [6.45, 7) is 0. The van der Waals surface area contributed by atoms with E-state index in [9.17, 15) is 8.42 Å². The quantitative estimate of drug-likeness (QED) is 0.806. The van der Waals surface area contributed by atoms with Gasteiger partial charge in [-0.2, -0.15) is 0 Å². The highest BCUT2D eigenvalue weighted by Crippen LogP contribution is 2.60. The Morgan fingerprint density at radius 2 is 1.78 bits per heavy atom. The van der Waals surface area contributed by atoms with Crippen molar-refractivity contribution in [1.82, 2.24) is 0 Å². The molecule has 0 spiro atoms. The molecule has 0 saturated carbocycles. The Bertz CT molecular complexity index is 535. The van der Waals surface area contributed by atoms with Crippen molar-refractivity contribution in [3.05, 3.63) is 29.8 Å². The van der Waals surface area contributed by atoms with Gasteiger partial charge in [-0.3, -0.25) is 0 Å². The summed E-state index contributed by atoms with van der Waals surface area (Å²) in [6.07, 6.45) is 0. The molecule has 5 nitrogen and oxygen atoms in total. The van der Waals surface area contributed by atoms with Crippen LogP contribution in [0.15, 0.2) is 29.2 Å². The van der Waals surface area contributed by atoms with Gasteiger partial charge >= 0.3 is 0 Å². The van der Waals surface area contributed by atoms with Gasteiger partial charge in [0.2, 0.25) is 15.7 Å². The maximum Gasteiger partial charge on any atom is 0.247 e. The van der Waals surface area contributed by atoms with Crippen molar-refractivity contribution < 1.29 is 17.5 Å². The molecule has 0 atom stereocenters. The molecule has 102 valence electrons. The van der Waals surface area contributed by atoms with Crippen molar-refractivity contribution in [3.63, 3.8) is 0 Å². The zero-order chi connectivity index (χ0) is 13.8. The summed E-state index contributed by atoms with van der Waals surface area (Å²) in [6, 6.07) is 6.32. The number of hydrogen-bond donors (Lipinski definition) is 1. The first kappa shape index (κ1) is 16.1. The van der Waals surface area contributed by atoms with E-state index in [2.05, 4.69) is 0 Å². The van der Waals surface area contributed by atoms with Crippen molar-refractivity contribution in [1.29, 1.82) is 0 Å². The van der Waals surface area contributed by atoms with Crippen LogP contribution in [-0.4, -0.2) is 22.6 Å². The van der Waals surface area contributed by atoms with Gasteiger partial charge in [0.05, 0.1) is 4.90 Å². The molecule has 0 aliphatic rings. The van der Waals surface area contributed by atoms with Gasteiger partial charge in [-0.1, -0.05) is 23.5 Å². The maximum absolute atomic E-state index is 11.1. The monoisotopic (exact) mass is 327 g/mol. The molecule has 0 aliphatic carbocycles. The highest BCUT2D eigenvalue weighted by Gasteiger charge is 2.16. The maximum atomic E-state index is 11.1. The van der Waals surface area contributed by atoms with Crippen LogP contribution in [0.5, 0.6) is 0 Å². The third kappa shape index (κ3) is 4.62. The molecule has 1 aromatic rings. The molecule has 9 heteroatoms. The van der Waals surface area contributed by atoms with E-state index in [0.29, 0.717) is 5.75 Å². The molecule has 0 aromatic heterocycles. The molecule has 1 aromatic carbocycles. The molecule has 0 unspecified atom stereocenters. The normalized spacial score (nSPS) is 12.6. The van der Waals surface area contributed by atoms with Crippen molar-refractivity contribution >= 4 is 38.9 Å². The lowest BCUT2D eigenvalue weighted by Crippen LogP contribution is -2.11. The SMILES string of the molecule is COP(=S)(OC)SCc1ccc(S(N)(=O)=O)cc1. The number of benzene rings is 1. The van der Waals surface area contributed by atoms with Gasteiger partial charge in [-0.05, 0) is 29.5 Å². The molecule has 0 bridgehead atoms. The smallest absolute Gasteiger partial charge is 0.247 e. The van der Waals surface area contributed by atoms with Gasteiger partial charge in [0.25, 0.3) is 0 Å². The Morgan fingerprint density at radius 3 is 2.17 bits per heavy atom. The molecule has 0 amide bonds. The topological polar surface area (TPSA) is 78.6 Å². The van der Waals surface area contributed by atoms with Gasteiger partial charge in [-0.25, -0.2) is 13.6 Å². The van der Waals surface area contributed by atoms with E-state index in [0.717, 1.165) is 5.56 Å². The third-order valence-corrected chi connectivity index (χ3v) is 8.76. The number of nitrogens with two attached hydrogens (primary N) is 1. The predicted octanol–water partition coefficient (Wildman–Crippen LogP) is 2.08. The fourth-order valence-corrected chi connectivity index (χ4v) is 4.51. The second-order valence-electron chi connectivity index (χ2n) is 3.27. The average Bonchev–Trinajstić information content (AvgIpc) is 2.35. The average molecular weight is 327 g/mol. The van der Waals surface area contributed by atoms with Crippen molar-refractivity contribution in [2.24, 2.45) is 5.14 Å². The first-order valence-electron chi connectivity index (χ1n) is 4.78. The minimum absolute atomic E-state index is 0.0918. The van der Waals surface area contributed by atoms with Crippen molar-refractivity contribution in [2.75, 3.05) is 14.2 Å². The van der Waals surface area contributed by atoms with Crippen LogP contribution in [0.3, 0.4) is 0 Å². The van der Waals surface area contributed by atoms with E-state index < -0.39 is 15.7 Å². The van der Waals surface area contributed by atoms with Crippen LogP contribution in [0.4, 0.5) is 0 Å². The van der Waals surface area contributed by atoms with Gasteiger partial charge in [0.1, 0.15) is 0 Å². The zero-order valence-electron chi connectivity index (χ0n) is 9.90. The van der Waals surface area contributed by atoms with Crippen LogP contribution in [-0.2, 0) is 36.6 Å². The number of primary sulfonamides is 1. The zero-order valence-corrected chi connectivity index (χ0v) is 13.2. The van der Waals surface area contributed by atoms with Crippen LogP contribution in [0, 0.1) is 0 Å². The molecule has 0 fully saturated rings. The van der Waals surface area contributed by atoms with Gasteiger partial charge in [-0.15, -0.1) is 0 Å². The first-order chi connectivity index (χ1) is 8.30. The van der Waals surface area contributed by atoms with E-state index >= 15 is 0 Å². The second kappa shape index (κ2) is 6.47. The molecule has 2 N–H and O–H groups in total. The van der Waals surface area contributed by atoms with Crippen molar-refractivity contribution in [3.8, 4) is 0 Å². The Balaban J connectivity index is 2.74. The van der Waals surface area contributed by atoms with Crippen LogP contribution in [0.2, 0.25) is 0 Å². The van der Waals surface area contributed by atoms with E-state index in [1.165, 1.54) is 37.7 Å². The summed E-state index contributed by atoms with van der Waals surface area (Å²) in [7, 11) is -0.612. The van der Waals surface area contributed by atoms with Crippen molar-refractivity contribution in [2.45, 2.75) is 10.6 Å². The Kier molecular flexibility index (Phi) is 5.79. The van der Waals surface area contributed by atoms with Gasteiger partial charge in [0.15, 0.2) is 0 Å². The summed E-state index contributed by atoms with van der Waals surface area (Å²) in [4.78, 5) is 0.0918. The number of hydrogen-bond acceptors (Lipinski definition) is 6. The first-order valence-corrected chi connectivity index (χ1v) is 10.6. The van der Waals surface area contributed by atoms with E-state index in [4.69, 9.17) is 26.0 Å². The molecule has 1 rings (SSSR count). The lowest BCUT2D eigenvalue weighted by Gasteiger charge is -2.16. The highest BCUT2D eigenvalue weighted by atomic mass is 32.9. The fraction of sp³-hybridized carbons (Fsp3) is 0.333. The van der Waals surface area contributed by atoms with Gasteiger partial charge < -0.3 is 9.05 Å². The fourth-order valence-electron chi connectivity index (χ4n) is 1.11. The summed E-state index contributed by atoms with van der Waals surface area (Å²) < 4.78 is 32.4. The molecule has 0 radical (unpaired) electrons. The minimum Gasteiger partial charge on any atom is -0.325 e. The summed E-state index contributed by atoms with van der Waals surface area (Å²) >= 11 is 6.59. The molecule has 0 saturated heterocycles. The summed E-state index contributed by atoms with van der Waals surface area (Å²) in [5, 5.41) is 5.01. The summed E-state index contributed by atoms with van der Waals surface area (Å²) in [5.74, 6) is 0.587.